The minimum Gasteiger partial charge on any atom is -0.368 e. The average Bonchev–Trinajstić information content (AvgIpc) is 2.69. The highest BCUT2D eigenvalue weighted by molar-refractivity contribution is 6.04. The molecule has 29 heavy (non-hydrogen) atoms. The van der Waals surface area contributed by atoms with Crippen molar-refractivity contribution in [3.05, 3.63) is 59.2 Å². The maximum atomic E-state index is 12.5. The molecule has 3 rings (SSSR count). The largest absolute Gasteiger partial charge is 0.368 e. The Morgan fingerprint density at radius 1 is 0.862 bits per heavy atom. The first-order chi connectivity index (χ1) is 13.6. The van der Waals surface area contributed by atoms with Crippen molar-refractivity contribution in [1.82, 2.24) is 4.90 Å². The third-order valence-corrected chi connectivity index (χ3v) is 5.47. The first kappa shape index (κ1) is 20.9. The van der Waals surface area contributed by atoms with Crippen LogP contribution in [0.2, 0.25) is 0 Å². The fourth-order valence-electron chi connectivity index (χ4n) is 3.48. The van der Waals surface area contributed by atoms with Crippen LogP contribution in [0.15, 0.2) is 42.5 Å². The molecule has 1 aliphatic rings. The Morgan fingerprint density at radius 3 is 2.03 bits per heavy atom. The van der Waals surface area contributed by atoms with Crippen molar-refractivity contribution in [1.29, 1.82) is 0 Å². The fourth-order valence-corrected chi connectivity index (χ4v) is 3.48. The van der Waals surface area contributed by atoms with Crippen LogP contribution in [-0.4, -0.2) is 42.9 Å². The number of carbonyl (C=O) groups is 2. The monoisotopic (exact) mass is 393 g/mol. The van der Waals surface area contributed by atoms with Gasteiger partial charge in [0.05, 0.1) is 0 Å². The number of carbonyl (C=O) groups excluding carboxylic acids is 2. The predicted molar refractivity (Wildman–Crippen MR) is 119 cm³/mol. The zero-order chi connectivity index (χ0) is 21.2. The van der Waals surface area contributed by atoms with Crippen LogP contribution in [0.25, 0.3) is 0 Å². The van der Waals surface area contributed by atoms with E-state index in [-0.39, 0.29) is 17.2 Å². The first-order valence-corrected chi connectivity index (χ1v) is 10.2. The van der Waals surface area contributed by atoms with E-state index in [0.29, 0.717) is 5.56 Å². The van der Waals surface area contributed by atoms with E-state index in [1.54, 1.807) is 0 Å². The number of rotatable bonds is 3. The molecular formula is C24H31N3O2. The van der Waals surface area contributed by atoms with Crippen LogP contribution in [0, 0.1) is 19.3 Å². The van der Waals surface area contributed by atoms with E-state index < -0.39 is 0 Å². The summed E-state index contributed by atoms with van der Waals surface area (Å²) in [6.07, 6.45) is 0. The minimum atomic E-state index is -0.335. The molecule has 5 nitrogen and oxygen atoms in total. The Balaban J connectivity index is 1.59. The first-order valence-electron chi connectivity index (χ1n) is 10.2. The van der Waals surface area contributed by atoms with E-state index in [1.165, 1.54) is 5.56 Å². The standard InChI is InChI=1S/C24H31N3O2/c1-17-6-7-19(16-18(17)2)22(28)25-20-8-10-21(11-9-20)26-12-14-27(15-13-26)23(29)24(3,4)5/h6-11,16H,12-15H2,1-5H3,(H,25,28). The molecule has 1 fully saturated rings. The zero-order valence-electron chi connectivity index (χ0n) is 18.1. The summed E-state index contributed by atoms with van der Waals surface area (Å²) in [4.78, 5) is 29.2. The average molecular weight is 394 g/mol. The van der Waals surface area contributed by atoms with Crippen molar-refractivity contribution >= 4 is 23.2 Å². The molecule has 5 heteroatoms. The van der Waals surface area contributed by atoms with E-state index in [9.17, 15) is 9.59 Å². The van der Waals surface area contributed by atoms with Gasteiger partial charge in [0.1, 0.15) is 0 Å². The lowest BCUT2D eigenvalue weighted by molar-refractivity contribution is -0.139. The van der Waals surface area contributed by atoms with Crippen LogP contribution in [0.3, 0.4) is 0 Å². The van der Waals surface area contributed by atoms with Gasteiger partial charge in [-0.25, -0.2) is 0 Å². The van der Waals surface area contributed by atoms with E-state index in [0.717, 1.165) is 43.1 Å². The summed E-state index contributed by atoms with van der Waals surface area (Å²) in [5.41, 5.74) is 4.50. The van der Waals surface area contributed by atoms with Gasteiger partial charge in [0.15, 0.2) is 0 Å². The molecule has 0 radical (unpaired) electrons. The number of hydrogen-bond donors (Lipinski definition) is 1. The Morgan fingerprint density at radius 2 is 1.48 bits per heavy atom. The fraction of sp³-hybridized carbons (Fsp3) is 0.417. The van der Waals surface area contributed by atoms with Gasteiger partial charge in [-0.3, -0.25) is 9.59 Å². The molecule has 0 unspecified atom stereocenters. The molecule has 1 aliphatic heterocycles. The van der Waals surface area contributed by atoms with Gasteiger partial charge in [-0.2, -0.15) is 0 Å². The molecule has 1 heterocycles. The van der Waals surface area contributed by atoms with Gasteiger partial charge in [-0.1, -0.05) is 26.8 Å². The van der Waals surface area contributed by atoms with E-state index in [2.05, 4.69) is 10.2 Å². The maximum Gasteiger partial charge on any atom is 0.255 e. The number of nitrogens with zero attached hydrogens (tertiary/aromatic N) is 2. The lowest BCUT2D eigenvalue weighted by atomic mass is 9.94. The van der Waals surface area contributed by atoms with Gasteiger partial charge in [0.2, 0.25) is 5.91 Å². The van der Waals surface area contributed by atoms with E-state index in [1.807, 2.05) is 82.0 Å². The zero-order valence-corrected chi connectivity index (χ0v) is 18.1. The van der Waals surface area contributed by atoms with Crippen LogP contribution in [-0.2, 0) is 4.79 Å². The number of piperazine rings is 1. The SMILES string of the molecule is Cc1ccc(C(=O)Nc2ccc(N3CCN(C(=O)C(C)(C)C)CC3)cc2)cc1C. The molecule has 1 N–H and O–H groups in total. The normalized spacial score (nSPS) is 14.7. The molecule has 0 spiro atoms. The van der Waals surface area contributed by atoms with Crippen LogP contribution in [0.1, 0.15) is 42.3 Å². The van der Waals surface area contributed by atoms with Gasteiger partial charge in [0.25, 0.3) is 5.91 Å². The molecule has 2 amide bonds. The Kier molecular flexibility index (Phi) is 5.96. The van der Waals surface area contributed by atoms with E-state index in [4.69, 9.17) is 0 Å². The number of nitrogens with one attached hydrogen (secondary N) is 1. The Labute approximate surface area is 173 Å². The van der Waals surface area contributed by atoms with E-state index >= 15 is 0 Å². The molecule has 2 aromatic rings. The van der Waals surface area contributed by atoms with Gasteiger partial charge in [0, 0.05) is 48.5 Å². The van der Waals surface area contributed by atoms with Gasteiger partial charge in [-0.15, -0.1) is 0 Å². The summed E-state index contributed by atoms with van der Waals surface area (Å²) in [5.74, 6) is 0.108. The topological polar surface area (TPSA) is 52.7 Å². The second-order valence-electron chi connectivity index (χ2n) is 8.83. The molecule has 0 aliphatic carbocycles. The number of amides is 2. The molecule has 0 bridgehead atoms. The second kappa shape index (κ2) is 8.27. The molecule has 1 saturated heterocycles. The molecule has 0 saturated carbocycles. The third-order valence-electron chi connectivity index (χ3n) is 5.47. The summed E-state index contributed by atoms with van der Waals surface area (Å²) >= 11 is 0. The quantitative estimate of drug-likeness (QED) is 0.848. The minimum absolute atomic E-state index is 0.102. The summed E-state index contributed by atoms with van der Waals surface area (Å²) in [6, 6.07) is 13.6. The maximum absolute atomic E-state index is 12.5. The van der Waals surface area contributed by atoms with Crippen molar-refractivity contribution in [2.45, 2.75) is 34.6 Å². The highest BCUT2D eigenvalue weighted by atomic mass is 16.2. The highest BCUT2D eigenvalue weighted by Crippen LogP contribution is 2.23. The lowest BCUT2D eigenvalue weighted by Crippen LogP contribution is -2.51. The van der Waals surface area contributed by atoms with Crippen LogP contribution in [0.5, 0.6) is 0 Å². The molecular weight excluding hydrogens is 362 g/mol. The third kappa shape index (κ3) is 4.97. The smallest absolute Gasteiger partial charge is 0.255 e. The molecule has 2 aromatic carbocycles. The predicted octanol–water partition coefficient (Wildman–Crippen LogP) is 4.25. The Bertz CT molecular complexity index is 889. The lowest BCUT2D eigenvalue weighted by Gasteiger charge is -2.38. The van der Waals surface area contributed by atoms with Gasteiger partial charge in [-0.05, 0) is 61.4 Å². The van der Waals surface area contributed by atoms with Crippen molar-refractivity contribution in [3.63, 3.8) is 0 Å². The Hall–Kier alpha value is -2.82. The van der Waals surface area contributed by atoms with Crippen molar-refractivity contribution in [2.24, 2.45) is 5.41 Å². The molecule has 0 aromatic heterocycles. The summed E-state index contributed by atoms with van der Waals surface area (Å²) < 4.78 is 0. The number of hydrogen-bond acceptors (Lipinski definition) is 3. The van der Waals surface area contributed by atoms with Crippen LogP contribution >= 0.6 is 0 Å². The number of aryl methyl sites for hydroxylation is 2. The van der Waals surface area contributed by atoms with Crippen molar-refractivity contribution in [2.75, 3.05) is 36.4 Å². The van der Waals surface area contributed by atoms with Crippen LogP contribution in [0.4, 0.5) is 11.4 Å². The van der Waals surface area contributed by atoms with Crippen molar-refractivity contribution in [3.8, 4) is 0 Å². The summed E-state index contributed by atoms with van der Waals surface area (Å²) in [5, 5.41) is 2.96. The van der Waals surface area contributed by atoms with Gasteiger partial charge < -0.3 is 15.1 Å². The molecule has 0 atom stereocenters. The van der Waals surface area contributed by atoms with Crippen LogP contribution < -0.4 is 10.2 Å². The van der Waals surface area contributed by atoms with Gasteiger partial charge >= 0.3 is 0 Å². The summed E-state index contributed by atoms with van der Waals surface area (Å²) in [6.45, 7) is 13.0. The summed E-state index contributed by atoms with van der Waals surface area (Å²) in [7, 11) is 0. The second-order valence-corrected chi connectivity index (χ2v) is 8.83. The number of benzene rings is 2. The highest BCUT2D eigenvalue weighted by Gasteiger charge is 2.29. The molecule has 154 valence electrons. The van der Waals surface area contributed by atoms with Crippen molar-refractivity contribution < 1.29 is 9.59 Å². The number of anilines is 2.